The average Bonchev–Trinajstić information content (AvgIpc) is 2.92. The van der Waals surface area contributed by atoms with Crippen molar-refractivity contribution in [3.05, 3.63) is 89.2 Å². The molecule has 4 bridgehead atoms. The molecular formula is C32H30N2O3S. The van der Waals surface area contributed by atoms with Gasteiger partial charge in [-0.1, -0.05) is 42.1 Å². The van der Waals surface area contributed by atoms with Crippen LogP contribution in [0.1, 0.15) is 38.5 Å². The third kappa shape index (κ3) is 4.25. The Kier molecular flexibility index (Phi) is 5.88. The molecule has 1 heterocycles. The Bertz CT molecular complexity index is 1530. The number of thioether (sulfide) groups is 1. The molecule has 38 heavy (non-hydrogen) atoms. The SMILES string of the molecule is O=C(CSc1nc2ccccc2c(=O)n1-c1ccc(Oc2ccccc2)cc1)C12CC3CC(CC(C3)C1)C2. The van der Waals surface area contributed by atoms with E-state index in [9.17, 15) is 9.59 Å². The third-order valence-corrected chi connectivity index (χ3v) is 9.72. The first-order chi connectivity index (χ1) is 18.6. The minimum absolute atomic E-state index is 0.128. The number of hydrogen-bond donors (Lipinski definition) is 0. The molecule has 4 aliphatic rings. The lowest BCUT2D eigenvalue weighted by atomic mass is 9.48. The Morgan fingerprint density at radius 1 is 0.842 bits per heavy atom. The van der Waals surface area contributed by atoms with E-state index >= 15 is 0 Å². The Morgan fingerprint density at radius 3 is 2.13 bits per heavy atom. The summed E-state index contributed by atoms with van der Waals surface area (Å²) in [4.78, 5) is 32.3. The number of carbonyl (C=O) groups is 1. The van der Waals surface area contributed by atoms with Crippen LogP contribution in [0.25, 0.3) is 16.6 Å². The summed E-state index contributed by atoms with van der Waals surface area (Å²) in [5.74, 6) is 4.32. The molecule has 1 aromatic heterocycles. The molecule has 0 unspecified atom stereocenters. The minimum Gasteiger partial charge on any atom is -0.457 e. The number of Topliss-reactive ketones (excluding diaryl/α,β-unsaturated/α-hetero) is 1. The van der Waals surface area contributed by atoms with Crippen molar-refractivity contribution in [3.8, 4) is 17.2 Å². The van der Waals surface area contributed by atoms with Gasteiger partial charge in [-0.25, -0.2) is 4.98 Å². The summed E-state index contributed by atoms with van der Waals surface area (Å²) in [5.41, 5.74) is 1.08. The highest BCUT2D eigenvalue weighted by atomic mass is 32.2. The number of aromatic nitrogens is 2. The zero-order valence-electron chi connectivity index (χ0n) is 21.2. The summed E-state index contributed by atoms with van der Waals surface area (Å²) in [7, 11) is 0. The van der Waals surface area contributed by atoms with Gasteiger partial charge >= 0.3 is 0 Å². The highest BCUT2D eigenvalue weighted by Gasteiger charge is 2.54. The van der Waals surface area contributed by atoms with E-state index in [-0.39, 0.29) is 11.0 Å². The number of nitrogens with zero attached hydrogens (tertiary/aromatic N) is 2. The fraction of sp³-hybridized carbons (Fsp3) is 0.344. The second-order valence-electron chi connectivity index (χ2n) is 11.4. The fourth-order valence-corrected chi connectivity index (χ4v) is 8.51. The van der Waals surface area contributed by atoms with Gasteiger partial charge in [0.2, 0.25) is 0 Å². The maximum atomic E-state index is 13.7. The molecule has 0 spiro atoms. The summed E-state index contributed by atoms with van der Waals surface area (Å²) in [5, 5.41) is 1.12. The minimum atomic E-state index is -0.153. The zero-order chi connectivity index (χ0) is 25.7. The predicted molar refractivity (Wildman–Crippen MR) is 150 cm³/mol. The largest absolute Gasteiger partial charge is 0.457 e. The number of fused-ring (bicyclic) bond motifs is 1. The second kappa shape index (κ2) is 9.42. The van der Waals surface area contributed by atoms with E-state index in [1.807, 2.05) is 78.9 Å². The van der Waals surface area contributed by atoms with E-state index in [0.717, 1.165) is 42.8 Å². The van der Waals surface area contributed by atoms with Gasteiger partial charge in [0.15, 0.2) is 5.16 Å². The first-order valence-electron chi connectivity index (χ1n) is 13.6. The first kappa shape index (κ1) is 23.7. The predicted octanol–water partition coefficient (Wildman–Crippen LogP) is 7.06. The molecular weight excluding hydrogens is 492 g/mol. The van der Waals surface area contributed by atoms with Gasteiger partial charge in [0.1, 0.15) is 17.3 Å². The van der Waals surface area contributed by atoms with Crippen LogP contribution in [0.5, 0.6) is 11.5 Å². The molecule has 4 fully saturated rings. The summed E-state index contributed by atoms with van der Waals surface area (Å²) in [6.45, 7) is 0. The molecule has 0 radical (unpaired) electrons. The summed E-state index contributed by atoms with van der Waals surface area (Å²) >= 11 is 1.41. The fourth-order valence-electron chi connectivity index (χ4n) is 7.46. The first-order valence-corrected chi connectivity index (χ1v) is 14.6. The lowest BCUT2D eigenvalue weighted by Gasteiger charge is -2.56. The lowest BCUT2D eigenvalue weighted by Crippen LogP contribution is -2.50. The van der Waals surface area contributed by atoms with E-state index in [4.69, 9.17) is 9.72 Å². The van der Waals surface area contributed by atoms with Crippen molar-refractivity contribution in [3.63, 3.8) is 0 Å². The highest BCUT2D eigenvalue weighted by molar-refractivity contribution is 7.99. The maximum Gasteiger partial charge on any atom is 0.266 e. The molecule has 0 aliphatic heterocycles. The molecule has 4 saturated carbocycles. The number of carbonyl (C=O) groups excluding carboxylic acids is 1. The van der Waals surface area contributed by atoms with Crippen molar-refractivity contribution in [2.24, 2.45) is 23.2 Å². The molecule has 4 aromatic rings. The van der Waals surface area contributed by atoms with Gasteiger partial charge in [-0.3, -0.25) is 14.2 Å². The van der Waals surface area contributed by atoms with E-state index < -0.39 is 0 Å². The molecule has 192 valence electrons. The second-order valence-corrected chi connectivity index (χ2v) is 12.3. The summed E-state index contributed by atoms with van der Waals surface area (Å²) in [6.07, 6.45) is 7.11. The molecule has 4 aliphatic carbocycles. The maximum absolute atomic E-state index is 13.7. The van der Waals surface area contributed by atoms with Crippen LogP contribution in [-0.2, 0) is 4.79 Å². The van der Waals surface area contributed by atoms with Crippen molar-refractivity contribution < 1.29 is 9.53 Å². The Morgan fingerprint density at radius 2 is 1.45 bits per heavy atom. The molecule has 0 N–H and O–H groups in total. The summed E-state index contributed by atoms with van der Waals surface area (Å²) < 4.78 is 7.59. The Balaban J connectivity index is 1.19. The average molecular weight is 523 g/mol. The molecule has 5 nitrogen and oxygen atoms in total. The molecule has 0 amide bonds. The number of hydrogen-bond acceptors (Lipinski definition) is 5. The van der Waals surface area contributed by atoms with E-state index in [1.165, 1.54) is 31.0 Å². The number of ether oxygens (including phenoxy) is 1. The molecule has 0 saturated heterocycles. The molecule has 8 rings (SSSR count). The van der Waals surface area contributed by atoms with Crippen molar-refractivity contribution in [2.75, 3.05) is 5.75 Å². The van der Waals surface area contributed by atoms with E-state index in [2.05, 4.69) is 0 Å². The van der Waals surface area contributed by atoms with E-state index in [1.54, 1.807) is 4.57 Å². The molecule has 3 aromatic carbocycles. The monoisotopic (exact) mass is 522 g/mol. The van der Waals surface area contributed by atoms with Crippen molar-refractivity contribution in [1.82, 2.24) is 9.55 Å². The van der Waals surface area contributed by atoms with Gasteiger partial charge < -0.3 is 4.74 Å². The topological polar surface area (TPSA) is 61.2 Å². The van der Waals surface area contributed by atoms with Crippen molar-refractivity contribution in [1.29, 1.82) is 0 Å². The number of benzene rings is 3. The van der Waals surface area contributed by atoms with Crippen LogP contribution < -0.4 is 10.3 Å². The number of para-hydroxylation sites is 2. The van der Waals surface area contributed by atoms with Gasteiger partial charge in [-0.2, -0.15) is 0 Å². The number of rotatable bonds is 7. The Labute approximate surface area is 226 Å². The van der Waals surface area contributed by atoms with Crippen LogP contribution >= 0.6 is 11.8 Å². The van der Waals surface area contributed by atoms with Crippen LogP contribution in [0, 0.1) is 23.2 Å². The molecule has 0 atom stereocenters. The quantitative estimate of drug-likeness (QED) is 0.192. The van der Waals surface area contributed by atoms with Crippen LogP contribution in [-0.4, -0.2) is 21.1 Å². The zero-order valence-corrected chi connectivity index (χ0v) is 22.0. The third-order valence-electron chi connectivity index (χ3n) is 8.78. The van der Waals surface area contributed by atoms with Gasteiger partial charge in [-0.05, 0) is 105 Å². The van der Waals surface area contributed by atoms with E-state index in [0.29, 0.717) is 39.0 Å². The van der Waals surface area contributed by atoms with Crippen molar-refractivity contribution >= 4 is 28.4 Å². The Hall–Kier alpha value is -3.38. The van der Waals surface area contributed by atoms with Gasteiger partial charge in [-0.15, -0.1) is 0 Å². The number of ketones is 1. The van der Waals surface area contributed by atoms with Crippen molar-refractivity contribution in [2.45, 2.75) is 43.7 Å². The van der Waals surface area contributed by atoms with Gasteiger partial charge in [0, 0.05) is 5.41 Å². The van der Waals surface area contributed by atoms with Gasteiger partial charge in [0.25, 0.3) is 5.56 Å². The van der Waals surface area contributed by atoms with Gasteiger partial charge in [0.05, 0.1) is 22.3 Å². The molecule has 6 heteroatoms. The lowest BCUT2D eigenvalue weighted by molar-refractivity contribution is -0.141. The van der Waals surface area contributed by atoms with Crippen LogP contribution in [0.4, 0.5) is 0 Å². The van der Waals surface area contributed by atoms with Crippen LogP contribution in [0.3, 0.4) is 0 Å². The summed E-state index contributed by atoms with van der Waals surface area (Å²) in [6, 6.07) is 24.5. The highest BCUT2D eigenvalue weighted by Crippen LogP contribution is 2.60. The van der Waals surface area contributed by atoms with Crippen LogP contribution in [0.15, 0.2) is 88.8 Å². The normalized spacial score (nSPS) is 25.5. The standard InChI is InChI=1S/C32H30N2O3S/c35-29(32-17-21-14-22(18-32)16-23(15-21)19-32)20-38-31-33-28-9-5-4-8-27(28)30(36)34(31)24-10-12-26(13-11-24)37-25-6-2-1-3-7-25/h1-13,21-23H,14-20H2. The van der Waals surface area contributed by atoms with Crippen LogP contribution in [0.2, 0.25) is 0 Å². The smallest absolute Gasteiger partial charge is 0.266 e.